The maximum atomic E-state index is 11.3. The van der Waals surface area contributed by atoms with Gasteiger partial charge in [-0.05, 0) is 15.9 Å². The molecule has 0 unspecified atom stereocenters. The van der Waals surface area contributed by atoms with Crippen LogP contribution in [0.1, 0.15) is 11.6 Å². The smallest absolute Gasteiger partial charge is 0.200 e. The molecule has 0 fully saturated rings. The lowest BCUT2D eigenvalue weighted by atomic mass is 10.1. The highest BCUT2D eigenvalue weighted by Crippen LogP contribution is 2.06. The summed E-state index contributed by atoms with van der Waals surface area (Å²) in [5.74, 6) is 0. The predicted octanol–water partition coefficient (Wildman–Crippen LogP) is 0.129. The van der Waals surface area contributed by atoms with Crippen molar-refractivity contribution in [2.24, 2.45) is 5.73 Å². The number of halogens is 1. The molecule has 0 aliphatic carbocycles. The first-order chi connectivity index (χ1) is 5.66. The first kappa shape index (κ1) is 9.44. The summed E-state index contributed by atoms with van der Waals surface area (Å²) in [7, 11) is 0. The van der Waals surface area contributed by atoms with E-state index in [9.17, 15) is 4.79 Å². The summed E-state index contributed by atoms with van der Waals surface area (Å²) in [5.41, 5.74) is 5.67. The monoisotopic (exact) mass is 232 g/mol. The minimum absolute atomic E-state index is 0.185. The molecule has 1 atom stereocenters. The molecule has 0 radical (unpaired) electrons. The van der Waals surface area contributed by atoms with Crippen molar-refractivity contribution in [1.29, 1.82) is 0 Å². The first-order valence-corrected chi connectivity index (χ1v) is 4.19. The van der Waals surface area contributed by atoms with Crippen molar-refractivity contribution in [3.05, 3.63) is 32.7 Å². The van der Waals surface area contributed by atoms with Gasteiger partial charge in [0.2, 0.25) is 5.43 Å². The Labute approximate surface area is 77.5 Å². The maximum Gasteiger partial charge on any atom is 0.200 e. The van der Waals surface area contributed by atoms with Gasteiger partial charge in [0, 0.05) is 18.0 Å². The van der Waals surface area contributed by atoms with E-state index < -0.39 is 6.04 Å². The lowest BCUT2D eigenvalue weighted by molar-refractivity contribution is 0.267. The Balaban J connectivity index is 3.17. The van der Waals surface area contributed by atoms with Crippen LogP contribution in [0.5, 0.6) is 0 Å². The number of hydrogen-bond donors (Lipinski definition) is 3. The van der Waals surface area contributed by atoms with Gasteiger partial charge >= 0.3 is 0 Å². The molecule has 0 saturated heterocycles. The van der Waals surface area contributed by atoms with Crippen LogP contribution in [0.15, 0.2) is 21.7 Å². The number of pyridine rings is 1. The molecule has 12 heavy (non-hydrogen) atoms. The summed E-state index contributed by atoms with van der Waals surface area (Å²) >= 11 is 3.06. The van der Waals surface area contributed by atoms with E-state index in [1.165, 1.54) is 12.4 Å². The van der Waals surface area contributed by atoms with Gasteiger partial charge in [-0.3, -0.25) is 4.79 Å². The fourth-order valence-corrected chi connectivity index (χ4v) is 1.21. The lowest BCUT2D eigenvalue weighted by Gasteiger charge is -2.06. The Morgan fingerprint density at radius 2 is 2.33 bits per heavy atom. The minimum Gasteiger partial charge on any atom is -0.394 e. The van der Waals surface area contributed by atoms with Gasteiger partial charge < -0.3 is 15.8 Å². The van der Waals surface area contributed by atoms with Crippen LogP contribution >= 0.6 is 15.9 Å². The molecule has 0 spiro atoms. The Kier molecular flexibility index (Phi) is 3.02. The number of nitrogens with two attached hydrogens (primary N) is 1. The third-order valence-electron chi connectivity index (χ3n) is 1.52. The number of H-pyrrole nitrogens is 1. The molecule has 1 rings (SSSR count). The van der Waals surface area contributed by atoms with Gasteiger partial charge in [-0.1, -0.05) is 0 Å². The molecule has 1 aromatic rings. The number of nitrogens with one attached hydrogen (secondary N) is 1. The van der Waals surface area contributed by atoms with Crippen LogP contribution in [-0.4, -0.2) is 16.7 Å². The van der Waals surface area contributed by atoms with E-state index in [0.29, 0.717) is 10.0 Å². The van der Waals surface area contributed by atoms with E-state index in [2.05, 4.69) is 20.9 Å². The molecule has 4 nitrogen and oxygen atoms in total. The molecule has 5 heteroatoms. The van der Waals surface area contributed by atoms with Crippen molar-refractivity contribution < 1.29 is 5.11 Å². The zero-order valence-corrected chi connectivity index (χ0v) is 7.84. The van der Waals surface area contributed by atoms with Crippen LogP contribution < -0.4 is 11.2 Å². The zero-order chi connectivity index (χ0) is 9.14. The summed E-state index contributed by atoms with van der Waals surface area (Å²) in [5, 5.41) is 8.71. The van der Waals surface area contributed by atoms with E-state index in [4.69, 9.17) is 10.8 Å². The summed E-state index contributed by atoms with van der Waals surface area (Å²) in [6, 6.07) is -0.619. The first-order valence-electron chi connectivity index (χ1n) is 3.39. The van der Waals surface area contributed by atoms with Crippen molar-refractivity contribution in [3.63, 3.8) is 0 Å². The third kappa shape index (κ3) is 1.74. The minimum atomic E-state index is -0.619. The molecule has 0 aliphatic rings. The number of aromatic nitrogens is 1. The fraction of sp³-hybridized carbons (Fsp3) is 0.286. The SMILES string of the molecule is N[C@@H](CO)c1c[nH]cc(Br)c1=O. The van der Waals surface area contributed by atoms with Gasteiger partial charge in [-0.25, -0.2) is 0 Å². The van der Waals surface area contributed by atoms with E-state index in [1.807, 2.05) is 0 Å². The lowest BCUT2D eigenvalue weighted by Crippen LogP contribution is -2.23. The highest BCUT2D eigenvalue weighted by molar-refractivity contribution is 9.10. The number of hydrogen-bond acceptors (Lipinski definition) is 3. The second-order valence-electron chi connectivity index (χ2n) is 2.38. The molecule has 0 amide bonds. The van der Waals surface area contributed by atoms with Crippen LogP contribution in [0.3, 0.4) is 0 Å². The molecular formula is C7H9BrN2O2. The van der Waals surface area contributed by atoms with E-state index in [-0.39, 0.29) is 12.0 Å². The maximum absolute atomic E-state index is 11.3. The summed E-state index contributed by atoms with van der Waals surface area (Å²) in [6.45, 7) is -0.237. The predicted molar refractivity (Wildman–Crippen MR) is 48.8 cm³/mol. The number of aliphatic hydroxyl groups is 1. The van der Waals surface area contributed by atoms with Crippen molar-refractivity contribution in [2.75, 3.05) is 6.61 Å². The van der Waals surface area contributed by atoms with Gasteiger partial charge in [0.1, 0.15) is 0 Å². The molecule has 0 saturated carbocycles. The molecular weight excluding hydrogens is 224 g/mol. The summed E-state index contributed by atoms with van der Waals surface area (Å²) in [4.78, 5) is 14.1. The quantitative estimate of drug-likeness (QED) is 0.679. The normalized spacial score (nSPS) is 12.9. The number of aromatic amines is 1. The summed E-state index contributed by atoms with van der Waals surface area (Å²) < 4.78 is 0.420. The van der Waals surface area contributed by atoms with Crippen LogP contribution in [0, 0.1) is 0 Å². The molecule has 0 aromatic carbocycles. The van der Waals surface area contributed by atoms with Crippen molar-refractivity contribution in [2.45, 2.75) is 6.04 Å². The molecule has 66 valence electrons. The average molecular weight is 233 g/mol. The van der Waals surface area contributed by atoms with Crippen molar-refractivity contribution in [1.82, 2.24) is 4.98 Å². The second kappa shape index (κ2) is 3.84. The fourth-order valence-electron chi connectivity index (χ4n) is 0.847. The Hall–Kier alpha value is -0.650. The van der Waals surface area contributed by atoms with Crippen molar-refractivity contribution >= 4 is 15.9 Å². The molecule has 1 aromatic heterocycles. The number of rotatable bonds is 2. The molecule has 0 aliphatic heterocycles. The van der Waals surface area contributed by atoms with Crippen LogP contribution in [0.2, 0.25) is 0 Å². The summed E-state index contributed by atoms with van der Waals surface area (Å²) in [6.07, 6.45) is 3.02. The third-order valence-corrected chi connectivity index (χ3v) is 2.11. The van der Waals surface area contributed by atoms with Gasteiger partial charge in [0.25, 0.3) is 0 Å². The van der Waals surface area contributed by atoms with E-state index in [0.717, 1.165) is 0 Å². The van der Waals surface area contributed by atoms with Crippen LogP contribution in [-0.2, 0) is 0 Å². The standard InChI is InChI=1S/C7H9BrN2O2/c8-5-2-10-1-4(7(5)12)6(9)3-11/h1-2,6,11H,3,9H2,(H,10,12)/t6-/m0/s1. The van der Waals surface area contributed by atoms with E-state index >= 15 is 0 Å². The highest BCUT2D eigenvalue weighted by Gasteiger charge is 2.09. The highest BCUT2D eigenvalue weighted by atomic mass is 79.9. The second-order valence-corrected chi connectivity index (χ2v) is 3.23. The van der Waals surface area contributed by atoms with Gasteiger partial charge in [-0.15, -0.1) is 0 Å². The Bertz CT molecular complexity index is 323. The van der Waals surface area contributed by atoms with Gasteiger partial charge in [0.05, 0.1) is 17.1 Å². The van der Waals surface area contributed by atoms with Gasteiger partial charge in [0.15, 0.2) is 0 Å². The molecule has 4 N–H and O–H groups in total. The van der Waals surface area contributed by atoms with E-state index in [1.54, 1.807) is 0 Å². The van der Waals surface area contributed by atoms with Crippen LogP contribution in [0.25, 0.3) is 0 Å². The Morgan fingerprint density at radius 3 is 2.92 bits per heavy atom. The average Bonchev–Trinajstić information content (AvgIpc) is 2.08. The number of aliphatic hydroxyl groups excluding tert-OH is 1. The molecule has 0 bridgehead atoms. The largest absolute Gasteiger partial charge is 0.394 e. The Morgan fingerprint density at radius 1 is 1.67 bits per heavy atom. The van der Waals surface area contributed by atoms with Crippen molar-refractivity contribution in [3.8, 4) is 0 Å². The molecule has 1 heterocycles. The van der Waals surface area contributed by atoms with Crippen LogP contribution in [0.4, 0.5) is 0 Å². The van der Waals surface area contributed by atoms with Gasteiger partial charge in [-0.2, -0.15) is 0 Å². The zero-order valence-electron chi connectivity index (χ0n) is 6.25. The topological polar surface area (TPSA) is 79.1 Å².